The van der Waals surface area contributed by atoms with Crippen LogP contribution in [-0.4, -0.2) is 75.7 Å². The molecule has 0 aromatic heterocycles. The van der Waals surface area contributed by atoms with Crippen molar-refractivity contribution in [2.45, 2.75) is 150 Å². The average molecular weight is 660 g/mol. The van der Waals surface area contributed by atoms with Crippen molar-refractivity contribution in [1.29, 1.82) is 0 Å². The zero-order chi connectivity index (χ0) is 34.5. The van der Waals surface area contributed by atoms with Gasteiger partial charge >= 0.3 is 5.97 Å². The molecule has 3 unspecified atom stereocenters. The summed E-state index contributed by atoms with van der Waals surface area (Å²) in [5, 5.41) is 44.6. The van der Waals surface area contributed by atoms with Crippen molar-refractivity contribution >= 4 is 11.9 Å². The van der Waals surface area contributed by atoms with Crippen LogP contribution in [-0.2, 0) is 19.1 Å². The first-order valence-corrected chi connectivity index (χ1v) is 18.4. The quantitative estimate of drug-likeness (QED) is 0.204. The Hall–Kier alpha value is -1.52. The number of carboxylic acids is 1. The number of hydrogen-bond acceptors (Lipinski definition) is 7. The number of aliphatic hydroxyl groups excluding tert-OH is 3. The molecule has 15 atom stereocenters. The minimum atomic E-state index is -1.34. The van der Waals surface area contributed by atoms with Gasteiger partial charge in [0, 0.05) is 6.92 Å². The molecule has 0 radical (unpaired) electrons. The van der Waals surface area contributed by atoms with Crippen molar-refractivity contribution in [3.63, 3.8) is 0 Å². The normalized spacial score (nSPS) is 52.1. The van der Waals surface area contributed by atoms with Crippen LogP contribution >= 0.6 is 0 Å². The molecule has 6 rings (SSSR count). The number of allylic oxidation sites excluding steroid dienone is 2. The Labute approximate surface area is 281 Å². The van der Waals surface area contributed by atoms with Gasteiger partial charge in [-0.15, -0.1) is 0 Å². The molecular weight excluding hydrogens is 598 g/mol. The van der Waals surface area contributed by atoms with Gasteiger partial charge in [-0.25, -0.2) is 0 Å². The first-order chi connectivity index (χ1) is 21.9. The molecule has 0 spiro atoms. The second-order valence-electron chi connectivity index (χ2n) is 18.2. The molecule has 0 aromatic rings. The van der Waals surface area contributed by atoms with Crippen LogP contribution in [0.4, 0.5) is 0 Å². The number of amides is 1. The van der Waals surface area contributed by atoms with E-state index in [9.17, 15) is 30.0 Å². The predicted molar refractivity (Wildman–Crippen MR) is 177 cm³/mol. The highest BCUT2D eigenvalue weighted by Gasteiger charge is 2.70. The molecule has 1 saturated heterocycles. The average Bonchev–Trinajstić information content (AvgIpc) is 2.99. The van der Waals surface area contributed by atoms with Crippen LogP contribution in [0.1, 0.15) is 113 Å². The number of fused-ring (bicyclic) bond motifs is 7. The second-order valence-corrected chi connectivity index (χ2v) is 18.2. The smallest absolute Gasteiger partial charge is 0.310 e. The number of nitrogens with one attached hydrogen (secondary N) is 1. The zero-order valence-electron chi connectivity index (χ0n) is 29.9. The van der Waals surface area contributed by atoms with E-state index in [1.54, 1.807) is 0 Å². The Balaban J connectivity index is 1.30. The summed E-state index contributed by atoms with van der Waals surface area (Å²) in [6.07, 6.45) is 5.73. The summed E-state index contributed by atoms with van der Waals surface area (Å²) >= 11 is 0. The van der Waals surface area contributed by atoms with E-state index in [0.717, 1.165) is 57.8 Å². The summed E-state index contributed by atoms with van der Waals surface area (Å²) in [7, 11) is 0. The number of rotatable bonds is 5. The van der Waals surface area contributed by atoms with E-state index in [0.29, 0.717) is 23.7 Å². The monoisotopic (exact) mass is 659 g/mol. The number of aliphatic carboxylic acids is 1. The highest BCUT2D eigenvalue weighted by Crippen LogP contribution is 2.77. The van der Waals surface area contributed by atoms with Crippen LogP contribution in [0, 0.1) is 56.7 Å². The first-order valence-electron chi connectivity index (χ1n) is 18.4. The Bertz CT molecular complexity index is 1280. The third-order valence-electron chi connectivity index (χ3n) is 15.6. The Kier molecular flexibility index (Phi) is 8.85. The molecule has 9 heteroatoms. The third kappa shape index (κ3) is 5.10. The van der Waals surface area contributed by atoms with Crippen LogP contribution in [0.3, 0.4) is 0 Å². The fraction of sp³-hybridized carbons (Fsp3) is 0.895. The summed E-state index contributed by atoms with van der Waals surface area (Å²) in [4.78, 5) is 25.1. The van der Waals surface area contributed by atoms with Gasteiger partial charge in [0.2, 0.25) is 5.91 Å². The van der Waals surface area contributed by atoms with Crippen LogP contribution in [0.15, 0.2) is 11.6 Å². The van der Waals surface area contributed by atoms with Gasteiger partial charge in [0.1, 0.15) is 24.4 Å². The first kappa shape index (κ1) is 35.3. The molecular formula is C38H61NO8. The van der Waals surface area contributed by atoms with E-state index in [1.807, 2.05) is 0 Å². The van der Waals surface area contributed by atoms with Crippen molar-refractivity contribution in [3.05, 3.63) is 11.6 Å². The van der Waals surface area contributed by atoms with E-state index >= 15 is 0 Å². The maximum absolute atomic E-state index is 13.1. The number of carbonyl (C=O) groups excluding carboxylic acids is 1. The standard InChI is InChI=1S/C38H61NO8/c1-20-11-14-38(33(44)45)16-15-36(7)24(28(38)21(20)2)9-10-26-35(6)13-12-23(17-27(35)34(4,5)19-37(26,36)8)46-32-29(39-22(3)41)31(43)30(42)25(18-40)47-32/h9,20-21,23,25-32,40,42-43H,10-19H2,1-8H3,(H,39,41)(H,44,45)/t20-,21+,23+,25-,26?,27?,28?,29-,30-,31-,32-,35-,36-,37-,38+/m1/s1. The molecule has 266 valence electrons. The second kappa shape index (κ2) is 11.8. The van der Waals surface area contributed by atoms with Gasteiger partial charge in [0.05, 0.1) is 18.1 Å². The minimum absolute atomic E-state index is 0.0160. The largest absolute Gasteiger partial charge is 0.481 e. The lowest BCUT2D eigenvalue weighted by molar-refractivity contribution is -0.293. The van der Waals surface area contributed by atoms with E-state index in [1.165, 1.54) is 12.5 Å². The number of hydrogen-bond donors (Lipinski definition) is 5. The van der Waals surface area contributed by atoms with Crippen LogP contribution < -0.4 is 5.32 Å². The fourth-order valence-corrected chi connectivity index (χ4v) is 13.0. The Morgan fingerprint density at radius 1 is 1.00 bits per heavy atom. The van der Waals surface area contributed by atoms with E-state index in [-0.39, 0.29) is 39.6 Å². The summed E-state index contributed by atoms with van der Waals surface area (Å²) in [5.74, 6) is 0.784. The van der Waals surface area contributed by atoms with E-state index in [4.69, 9.17) is 9.47 Å². The lowest BCUT2D eigenvalue weighted by Gasteiger charge is -2.72. The Morgan fingerprint density at radius 2 is 1.70 bits per heavy atom. The maximum atomic E-state index is 13.1. The van der Waals surface area contributed by atoms with Crippen molar-refractivity contribution in [1.82, 2.24) is 5.32 Å². The fourth-order valence-electron chi connectivity index (χ4n) is 13.0. The van der Waals surface area contributed by atoms with Crippen LogP contribution in [0.25, 0.3) is 0 Å². The molecule has 6 aliphatic rings. The van der Waals surface area contributed by atoms with Gasteiger partial charge in [0.15, 0.2) is 6.29 Å². The molecule has 4 saturated carbocycles. The number of carbonyl (C=O) groups is 2. The third-order valence-corrected chi connectivity index (χ3v) is 15.6. The predicted octanol–water partition coefficient (Wildman–Crippen LogP) is 5.06. The molecule has 47 heavy (non-hydrogen) atoms. The van der Waals surface area contributed by atoms with E-state index < -0.39 is 48.6 Å². The molecule has 1 aliphatic heterocycles. The summed E-state index contributed by atoms with van der Waals surface area (Å²) in [6, 6.07) is -0.947. The van der Waals surface area contributed by atoms with Crippen molar-refractivity contribution in [2.75, 3.05) is 6.61 Å². The van der Waals surface area contributed by atoms with Gasteiger partial charge in [-0.1, -0.05) is 60.1 Å². The van der Waals surface area contributed by atoms with Gasteiger partial charge in [-0.2, -0.15) is 0 Å². The molecule has 1 heterocycles. The van der Waals surface area contributed by atoms with Crippen LogP contribution in [0.5, 0.6) is 0 Å². The lowest BCUT2D eigenvalue weighted by Crippen LogP contribution is -2.67. The topological polar surface area (TPSA) is 146 Å². The molecule has 5 fully saturated rings. The van der Waals surface area contributed by atoms with Crippen LogP contribution in [0.2, 0.25) is 0 Å². The van der Waals surface area contributed by atoms with Gasteiger partial charge in [-0.3, -0.25) is 9.59 Å². The summed E-state index contributed by atoms with van der Waals surface area (Å²) in [5.41, 5.74) is 0.762. The molecule has 0 bridgehead atoms. The molecule has 9 nitrogen and oxygen atoms in total. The zero-order valence-corrected chi connectivity index (χ0v) is 29.9. The van der Waals surface area contributed by atoms with Gasteiger partial charge in [-0.05, 0) is 109 Å². The summed E-state index contributed by atoms with van der Waals surface area (Å²) < 4.78 is 12.5. The highest BCUT2D eigenvalue weighted by atomic mass is 16.7. The number of carboxylic acid groups (broad SMARTS) is 1. The molecule has 5 aliphatic carbocycles. The van der Waals surface area contributed by atoms with Gasteiger partial charge in [0.25, 0.3) is 0 Å². The number of aliphatic hydroxyl groups is 3. The molecule has 1 amide bonds. The van der Waals surface area contributed by atoms with Crippen molar-refractivity contribution in [2.24, 2.45) is 56.7 Å². The maximum Gasteiger partial charge on any atom is 0.310 e. The Morgan fingerprint density at radius 3 is 2.34 bits per heavy atom. The SMILES string of the molecule is CC(=O)N[C@H]1[C@H](O[C@H]2CC[C@@]3(C)C(C2)C(C)(C)C[C@]2(C)C3CC=C3C4[C@@H](C)[C@H](C)CC[C@]4(C(=O)O)CC[C@]32C)O[C@H](CO)[C@@H](O)[C@@H]1O. The van der Waals surface area contributed by atoms with Crippen molar-refractivity contribution in [3.8, 4) is 0 Å². The summed E-state index contributed by atoms with van der Waals surface area (Å²) in [6.45, 7) is 17.9. The van der Waals surface area contributed by atoms with E-state index in [2.05, 4.69) is 59.9 Å². The van der Waals surface area contributed by atoms with Gasteiger partial charge < -0.3 is 35.2 Å². The highest BCUT2D eigenvalue weighted by molar-refractivity contribution is 5.76. The van der Waals surface area contributed by atoms with Crippen molar-refractivity contribution < 1.29 is 39.5 Å². The number of ether oxygens (including phenoxy) is 2. The molecule has 0 aromatic carbocycles. The lowest BCUT2D eigenvalue weighted by atomic mass is 9.32. The molecule has 5 N–H and O–H groups in total. The minimum Gasteiger partial charge on any atom is -0.481 e.